The van der Waals surface area contributed by atoms with Crippen LogP contribution in [0.15, 0.2) is 60.0 Å². The van der Waals surface area contributed by atoms with Crippen LogP contribution in [-0.4, -0.2) is 5.92 Å². The Morgan fingerprint density at radius 1 is 0.500 bits per heavy atom. The van der Waals surface area contributed by atoms with Gasteiger partial charge in [-0.25, -0.2) is 0 Å². The molecule has 0 aromatic heterocycles. The minimum atomic E-state index is -3.54. The van der Waals surface area contributed by atoms with E-state index < -0.39 is 25.4 Å². The van der Waals surface area contributed by atoms with Gasteiger partial charge in [0.15, 0.2) is 0 Å². The van der Waals surface area contributed by atoms with Crippen molar-refractivity contribution in [1.82, 2.24) is 0 Å². The molecule has 0 aromatic rings. The molecule has 0 bridgehead atoms. The second-order valence-electron chi connectivity index (χ2n) is 14.8. The van der Waals surface area contributed by atoms with E-state index >= 15 is 0 Å². The van der Waals surface area contributed by atoms with Crippen LogP contribution in [0.5, 0.6) is 0 Å². The molecule has 0 nitrogen and oxygen atoms in total. The molecule has 3 aliphatic carbocycles. The summed E-state index contributed by atoms with van der Waals surface area (Å²) < 4.78 is 5.95. The summed E-state index contributed by atoms with van der Waals surface area (Å²) in [5.41, 5.74) is 15.4. The maximum atomic E-state index is 2.78. The van der Waals surface area contributed by atoms with E-state index in [-0.39, 0.29) is 16.2 Å². The first kappa shape index (κ1) is 32.1. The molecule has 0 spiro atoms. The average molecular weight is 612 g/mol. The van der Waals surface area contributed by atoms with Gasteiger partial charge in [-0.1, -0.05) is 0 Å². The molecule has 0 N–H and O–H groups in total. The molecule has 0 heterocycles. The van der Waals surface area contributed by atoms with E-state index in [1.807, 2.05) is 9.84 Å². The molecular formula is C36H60SiZr. The normalized spacial score (nSPS) is 23.5. The predicted octanol–water partition coefficient (Wildman–Crippen LogP) is 11.6. The second-order valence-corrected chi connectivity index (χ2v) is 38.4. The third-order valence-corrected chi connectivity index (χ3v) is 44.3. The van der Waals surface area contributed by atoms with Gasteiger partial charge in [0.1, 0.15) is 0 Å². The van der Waals surface area contributed by atoms with Gasteiger partial charge in [-0.15, -0.1) is 0 Å². The van der Waals surface area contributed by atoms with Crippen molar-refractivity contribution in [2.45, 2.75) is 143 Å². The summed E-state index contributed by atoms with van der Waals surface area (Å²) >= 11 is -3.54. The maximum absolute atomic E-state index is 3.54. The quantitative estimate of drug-likeness (QED) is 0.239. The summed E-state index contributed by atoms with van der Waals surface area (Å²) in [5.74, 6) is -1.20. The van der Waals surface area contributed by atoms with Crippen LogP contribution in [0.4, 0.5) is 0 Å². The Bertz CT molecular complexity index is 1170. The van der Waals surface area contributed by atoms with Gasteiger partial charge >= 0.3 is 244 Å². The summed E-state index contributed by atoms with van der Waals surface area (Å²) in [7, 11) is 0. The molecule has 0 radical (unpaired) electrons. The average Bonchev–Trinajstić information content (AvgIpc) is 3.17. The number of allylic oxidation sites excluding steroid dienone is 12. The summed E-state index contributed by atoms with van der Waals surface area (Å²) in [6, 6.07) is 0. The molecule has 0 aliphatic heterocycles. The fourth-order valence-electron chi connectivity index (χ4n) is 9.10. The molecule has 2 heteroatoms. The van der Waals surface area contributed by atoms with Crippen molar-refractivity contribution in [2.24, 2.45) is 16.2 Å². The van der Waals surface area contributed by atoms with Crippen LogP contribution in [0.3, 0.4) is 0 Å². The van der Waals surface area contributed by atoms with Crippen molar-refractivity contribution in [3.05, 3.63) is 60.0 Å². The van der Waals surface area contributed by atoms with E-state index in [4.69, 9.17) is 0 Å². The molecule has 0 atom stereocenters. The van der Waals surface area contributed by atoms with Crippen LogP contribution in [-0.2, 0) is 19.4 Å². The Kier molecular flexibility index (Phi) is 8.79. The zero-order valence-corrected chi connectivity index (χ0v) is 32.0. The molecule has 3 aliphatic rings. The van der Waals surface area contributed by atoms with E-state index in [9.17, 15) is 0 Å². The number of hydrogen-bond acceptors (Lipinski definition) is 0. The molecule has 0 saturated carbocycles. The molecule has 0 amide bonds. The third kappa shape index (κ3) is 4.11. The van der Waals surface area contributed by atoms with Crippen molar-refractivity contribution >= 4 is 5.92 Å². The molecule has 3 rings (SSSR count). The van der Waals surface area contributed by atoms with Crippen molar-refractivity contribution in [1.29, 1.82) is 0 Å². The number of hydrogen-bond donors (Lipinski definition) is 0. The monoisotopic (exact) mass is 610 g/mol. The molecule has 0 unspecified atom stereocenters. The fraction of sp³-hybridized carbons (Fsp3) is 0.667. The zero-order chi connectivity index (χ0) is 29.3. The molecule has 0 fully saturated rings. The molecule has 38 heavy (non-hydrogen) atoms. The molecular weight excluding hydrogens is 552 g/mol. The Balaban J connectivity index is 2.74. The fourth-order valence-corrected chi connectivity index (χ4v) is 49.6. The summed E-state index contributed by atoms with van der Waals surface area (Å²) in [4.78, 5) is 0. The van der Waals surface area contributed by atoms with Crippen molar-refractivity contribution in [3.63, 3.8) is 0 Å². The van der Waals surface area contributed by atoms with Crippen LogP contribution in [0.2, 0.25) is 13.1 Å². The Morgan fingerprint density at radius 3 is 1.08 bits per heavy atom. The van der Waals surface area contributed by atoms with E-state index in [1.54, 1.807) is 50.2 Å². The van der Waals surface area contributed by atoms with E-state index in [1.165, 1.54) is 25.7 Å². The Labute approximate surface area is 242 Å². The Hall–Kier alpha value is -0.460. The van der Waals surface area contributed by atoms with Crippen LogP contribution in [0, 0.1) is 16.2 Å². The van der Waals surface area contributed by atoms with Crippen LogP contribution >= 0.6 is 0 Å². The molecule has 212 valence electrons. The summed E-state index contributed by atoms with van der Waals surface area (Å²) in [6.45, 7) is 43.3. The van der Waals surface area contributed by atoms with Gasteiger partial charge in [-0.3, -0.25) is 0 Å². The first-order valence-corrected chi connectivity index (χ1v) is 26.4. The van der Waals surface area contributed by atoms with Crippen molar-refractivity contribution in [3.8, 4) is 0 Å². The first-order valence-electron chi connectivity index (χ1n) is 15.6. The topological polar surface area (TPSA) is 0 Å². The molecule has 0 saturated heterocycles. The first-order chi connectivity index (χ1) is 17.3. The van der Waals surface area contributed by atoms with Gasteiger partial charge in [0.2, 0.25) is 0 Å². The van der Waals surface area contributed by atoms with Gasteiger partial charge in [0, 0.05) is 0 Å². The van der Waals surface area contributed by atoms with Gasteiger partial charge in [0.05, 0.1) is 0 Å². The Morgan fingerprint density at radius 2 is 0.816 bits per heavy atom. The van der Waals surface area contributed by atoms with Gasteiger partial charge < -0.3 is 0 Å². The van der Waals surface area contributed by atoms with E-state index in [2.05, 4.69) is 117 Å². The van der Waals surface area contributed by atoms with Gasteiger partial charge in [-0.2, -0.15) is 0 Å². The van der Waals surface area contributed by atoms with Crippen LogP contribution in [0.25, 0.3) is 0 Å². The predicted molar refractivity (Wildman–Crippen MR) is 172 cm³/mol. The summed E-state index contributed by atoms with van der Waals surface area (Å²) in [6.07, 6.45) is 4.95. The SMILES string of the molecule is CCCC1=[C]([Zr]([C]2=C(C)C(C)=C(C)C2(C)C)([C]2=C(CCC)C(C)=C(C)C2(C)C)[SiH](C)C)C(C)(C)C(C)=C1C. The number of rotatable bonds is 8. The van der Waals surface area contributed by atoms with Crippen LogP contribution in [0.1, 0.15) is 130 Å². The molecule has 0 aromatic carbocycles. The van der Waals surface area contributed by atoms with Crippen molar-refractivity contribution < 1.29 is 19.4 Å². The second kappa shape index (κ2) is 10.4. The van der Waals surface area contributed by atoms with E-state index in [0.29, 0.717) is 0 Å². The standard InChI is InChI=1S/2C12H19.C10H15.C2H7Si.Zr/c2*1-6-7-11-8-12(4,5)10(3)9(11)2;1-7-6-10(4,5)9(3)8(7)2;1-3-2;/h2*6-7H2,1-5H3;1-5H3;3H,1-2H3;. The van der Waals surface area contributed by atoms with Crippen molar-refractivity contribution in [2.75, 3.05) is 0 Å². The van der Waals surface area contributed by atoms with Gasteiger partial charge in [0.25, 0.3) is 0 Å². The minimum absolute atomic E-state index is 0.136. The zero-order valence-electron chi connectivity index (χ0n) is 28.4. The third-order valence-electron chi connectivity index (χ3n) is 11.9. The van der Waals surface area contributed by atoms with E-state index in [0.717, 1.165) is 0 Å². The van der Waals surface area contributed by atoms with Gasteiger partial charge in [-0.05, 0) is 0 Å². The van der Waals surface area contributed by atoms with Crippen LogP contribution < -0.4 is 0 Å². The summed E-state index contributed by atoms with van der Waals surface area (Å²) in [5, 5.41) is 0.